The Morgan fingerprint density at radius 2 is 1.64 bits per heavy atom. The van der Waals surface area contributed by atoms with Crippen LogP contribution in [0, 0.1) is 0 Å². The summed E-state index contributed by atoms with van der Waals surface area (Å²) in [4.78, 5) is 2.54. The molecule has 0 saturated carbocycles. The van der Waals surface area contributed by atoms with Crippen molar-refractivity contribution in [3.05, 3.63) is 76.0 Å². The van der Waals surface area contributed by atoms with Crippen LogP contribution in [0.1, 0.15) is 42.4 Å². The monoisotopic (exact) mass is 412 g/mol. The molecule has 2 fully saturated rings. The lowest BCUT2D eigenvalue weighted by Gasteiger charge is -2.42. The van der Waals surface area contributed by atoms with Crippen LogP contribution in [0.4, 0.5) is 0 Å². The van der Waals surface area contributed by atoms with Crippen molar-refractivity contribution >= 4 is 23.2 Å². The number of piperidine rings is 1. The Bertz CT molecular complexity index is 967. The molecule has 0 aliphatic carbocycles. The summed E-state index contributed by atoms with van der Waals surface area (Å²) in [5, 5.41) is 5.89. The quantitative estimate of drug-likeness (QED) is 0.499. The van der Waals surface area contributed by atoms with Crippen LogP contribution < -0.4 is 0 Å². The molecule has 0 radical (unpaired) electrons. The minimum absolute atomic E-state index is 0.290. The normalized spacial score (nSPS) is 27.2. The molecular weight excluding hydrogens is 391 g/mol. The zero-order valence-corrected chi connectivity index (χ0v) is 17.2. The van der Waals surface area contributed by atoms with E-state index in [1.54, 1.807) is 0 Å². The summed E-state index contributed by atoms with van der Waals surface area (Å²) in [5.41, 5.74) is 3.23. The molecule has 0 spiro atoms. The van der Waals surface area contributed by atoms with Crippen molar-refractivity contribution in [1.29, 1.82) is 0 Å². The molecule has 2 saturated heterocycles. The number of benzene rings is 2. The highest BCUT2D eigenvalue weighted by Gasteiger charge is 2.48. The minimum Gasteiger partial charge on any atom is -0.360 e. The number of fused-ring (bicyclic) bond motifs is 2. The molecule has 0 amide bonds. The molecular formula is C23H22Cl2N2O. The number of likely N-dealkylation sites (N-methyl/N-ethyl adjacent to an activating group) is 1. The zero-order chi connectivity index (χ0) is 19.3. The summed E-state index contributed by atoms with van der Waals surface area (Å²) < 4.78 is 5.93. The first kappa shape index (κ1) is 18.2. The fourth-order valence-corrected chi connectivity index (χ4v) is 5.36. The van der Waals surface area contributed by atoms with Crippen LogP contribution in [0.15, 0.2) is 59.1 Å². The molecule has 2 aromatic carbocycles. The predicted molar refractivity (Wildman–Crippen MR) is 113 cm³/mol. The van der Waals surface area contributed by atoms with Crippen LogP contribution in [0.25, 0.3) is 11.3 Å². The van der Waals surface area contributed by atoms with E-state index in [1.807, 2.05) is 36.4 Å². The Morgan fingerprint density at radius 1 is 0.964 bits per heavy atom. The average Bonchev–Trinajstić information content (AvgIpc) is 3.26. The fraction of sp³-hybridized carbons (Fsp3) is 0.348. The molecule has 3 unspecified atom stereocenters. The standard InChI is InChI=1S/C23H22Cl2N2O/c1-27-18-10-11-21(27)23(19(12-18)14-2-6-16(24)7-3-14)22-13-20(26-28-22)15-4-8-17(25)9-5-15/h2-9,13,18-19,21,23H,10-12H2,1H3/t18?,19?,21?,23-/m0/s1. The summed E-state index contributed by atoms with van der Waals surface area (Å²) in [7, 11) is 2.25. The molecule has 2 bridgehead atoms. The third kappa shape index (κ3) is 3.16. The van der Waals surface area contributed by atoms with Gasteiger partial charge in [-0.1, -0.05) is 52.6 Å². The van der Waals surface area contributed by atoms with Crippen molar-refractivity contribution in [2.24, 2.45) is 0 Å². The third-order valence-electron chi connectivity index (χ3n) is 6.56. The van der Waals surface area contributed by atoms with Gasteiger partial charge in [0.2, 0.25) is 0 Å². The van der Waals surface area contributed by atoms with E-state index in [4.69, 9.17) is 27.7 Å². The van der Waals surface area contributed by atoms with Gasteiger partial charge in [-0.2, -0.15) is 0 Å². The highest BCUT2D eigenvalue weighted by atomic mass is 35.5. The largest absolute Gasteiger partial charge is 0.360 e. The first-order valence-electron chi connectivity index (χ1n) is 9.80. The van der Waals surface area contributed by atoms with E-state index in [0.717, 1.165) is 33.5 Å². The molecule has 5 rings (SSSR count). The van der Waals surface area contributed by atoms with Gasteiger partial charge in [-0.05, 0) is 62.1 Å². The molecule has 1 aromatic heterocycles. The predicted octanol–water partition coefficient (Wildman–Crippen LogP) is 6.38. The summed E-state index contributed by atoms with van der Waals surface area (Å²) in [6.45, 7) is 0. The number of hydrogen-bond acceptors (Lipinski definition) is 3. The molecule has 144 valence electrons. The molecule has 3 heterocycles. The molecule has 2 aliphatic rings. The van der Waals surface area contributed by atoms with Crippen LogP contribution in [0.5, 0.6) is 0 Å². The van der Waals surface area contributed by atoms with E-state index in [9.17, 15) is 0 Å². The van der Waals surface area contributed by atoms with E-state index in [2.05, 4.69) is 35.3 Å². The summed E-state index contributed by atoms with van der Waals surface area (Å²) >= 11 is 12.2. The smallest absolute Gasteiger partial charge is 0.142 e. The van der Waals surface area contributed by atoms with E-state index < -0.39 is 0 Å². The number of aromatic nitrogens is 1. The van der Waals surface area contributed by atoms with Crippen LogP contribution in [-0.2, 0) is 0 Å². The lowest BCUT2D eigenvalue weighted by atomic mass is 9.75. The van der Waals surface area contributed by atoms with Gasteiger partial charge in [-0.25, -0.2) is 0 Å². The van der Waals surface area contributed by atoms with Crippen molar-refractivity contribution < 1.29 is 4.52 Å². The maximum atomic E-state index is 6.13. The maximum Gasteiger partial charge on any atom is 0.142 e. The SMILES string of the molecule is CN1C2CCC1[C@@H](c1cc(-c3ccc(Cl)cc3)no1)C(c1ccc(Cl)cc1)C2. The Hall–Kier alpha value is -1.81. The summed E-state index contributed by atoms with van der Waals surface area (Å²) in [5.74, 6) is 1.68. The van der Waals surface area contributed by atoms with E-state index in [1.165, 1.54) is 18.4 Å². The van der Waals surface area contributed by atoms with Gasteiger partial charge < -0.3 is 4.52 Å². The molecule has 4 atom stereocenters. The Balaban J connectivity index is 1.53. The van der Waals surface area contributed by atoms with Gasteiger partial charge in [-0.15, -0.1) is 0 Å². The van der Waals surface area contributed by atoms with Gasteiger partial charge in [0.15, 0.2) is 0 Å². The number of halogens is 2. The molecule has 28 heavy (non-hydrogen) atoms. The van der Waals surface area contributed by atoms with Gasteiger partial charge in [0.1, 0.15) is 11.5 Å². The number of rotatable bonds is 3. The zero-order valence-electron chi connectivity index (χ0n) is 15.7. The topological polar surface area (TPSA) is 29.3 Å². The second kappa shape index (κ2) is 7.22. The molecule has 0 N–H and O–H groups in total. The molecule has 2 aliphatic heterocycles. The Labute approximate surface area is 175 Å². The van der Waals surface area contributed by atoms with Crippen molar-refractivity contribution in [3.8, 4) is 11.3 Å². The van der Waals surface area contributed by atoms with Crippen molar-refractivity contribution in [2.75, 3.05) is 7.05 Å². The van der Waals surface area contributed by atoms with Crippen molar-refractivity contribution in [1.82, 2.24) is 10.1 Å². The maximum absolute atomic E-state index is 6.13. The molecule has 3 aromatic rings. The van der Waals surface area contributed by atoms with E-state index in [-0.39, 0.29) is 0 Å². The van der Waals surface area contributed by atoms with Crippen LogP contribution in [-0.4, -0.2) is 29.2 Å². The van der Waals surface area contributed by atoms with E-state index in [0.29, 0.717) is 23.9 Å². The second-order valence-corrected chi connectivity index (χ2v) is 8.88. The molecule has 5 heteroatoms. The van der Waals surface area contributed by atoms with Crippen LogP contribution in [0.2, 0.25) is 10.0 Å². The van der Waals surface area contributed by atoms with Crippen LogP contribution >= 0.6 is 23.2 Å². The van der Waals surface area contributed by atoms with Crippen molar-refractivity contribution in [3.63, 3.8) is 0 Å². The fourth-order valence-electron chi connectivity index (χ4n) is 5.11. The number of hydrogen-bond donors (Lipinski definition) is 0. The first-order chi connectivity index (χ1) is 13.6. The average molecular weight is 413 g/mol. The third-order valence-corrected chi connectivity index (χ3v) is 7.07. The van der Waals surface area contributed by atoms with Crippen molar-refractivity contribution in [2.45, 2.75) is 43.2 Å². The van der Waals surface area contributed by atoms with Gasteiger partial charge in [-0.3, -0.25) is 4.90 Å². The van der Waals surface area contributed by atoms with Gasteiger partial charge in [0, 0.05) is 39.7 Å². The van der Waals surface area contributed by atoms with E-state index >= 15 is 0 Å². The Morgan fingerprint density at radius 3 is 2.36 bits per heavy atom. The minimum atomic E-state index is 0.290. The second-order valence-electron chi connectivity index (χ2n) is 8.00. The van der Waals surface area contributed by atoms with Gasteiger partial charge in [0.05, 0.1) is 0 Å². The van der Waals surface area contributed by atoms with Gasteiger partial charge in [0.25, 0.3) is 0 Å². The Kier molecular flexibility index (Phi) is 4.70. The first-order valence-corrected chi connectivity index (χ1v) is 10.6. The molecule has 3 nitrogen and oxygen atoms in total. The highest BCUT2D eigenvalue weighted by molar-refractivity contribution is 6.30. The summed E-state index contributed by atoms with van der Waals surface area (Å²) in [6, 6.07) is 19.3. The summed E-state index contributed by atoms with van der Waals surface area (Å²) in [6.07, 6.45) is 3.59. The van der Waals surface area contributed by atoms with Gasteiger partial charge >= 0.3 is 0 Å². The lowest BCUT2D eigenvalue weighted by Crippen LogP contribution is -2.44. The highest BCUT2D eigenvalue weighted by Crippen LogP contribution is 2.51. The lowest BCUT2D eigenvalue weighted by molar-refractivity contribution is 0.122. The van der Waals surface area contributed by atoms with Crippen LogP contribution in [0.3, 0.4) is 0 Å². The number of nitrogens with zero attached hydrogens (tertiary/aromatic N) is 2.